The van der Waals surface area contributed by atoms with Crippen LogP contribution in [0.5, 0.6) is 0 Å². The number of hydrogen-bond acceptors (Lipinski definition) is 6. The highest BCUT2D eigenvalue weighted by atomic mass is 32.2. The second-order valence-electron chi connectivity index (χ2n) is 5.79. The van der Waals surface area contributed by atoms with Gasteiger partial charge in [0.15, 0.2) is 0 Å². The van der Waals surface area contributed by atoms with E-state index in [1.807, 2.05) is 6.92 Å². The van der Waals surface area contributed by atoms with Gasteiger partial charge in [0.2, 0.25) is 18.5 Å². The number of esters is 1. The molecule has 7 nitrogen and oxygen atoms in total. The number of benzene rings is 1. The molecule has 3 N–H and O–H groups in total. The van der Waals surface area contributed by atoms with E-state index in [1.54, 1.807) is 6.07 Å². The molecule has 0 radical (unpaired) electrons. The number of ether oxygens (including phenoxy) is 1. The van der Waals surface area contributed by atoms with Crippen molar-refractivity contribution >= 4 is 23.8 Å². The van der Waals surface area contributed by atoms with Gasteiger partial charge in [-0.05, 0) is 30.2 Å². The van der Waals surface area contributed by atoms with Crippen LogP contribution >= 0.6 is 11.9 Å². The number of rotatable bonds is 6. The maximum Gasteiger partial charge on any atom is 0.324 e. The Labute approximate surface area is 149 Å². The largest absolute Gasteiger partial charge is 0.468 e. The Hall–Kier alpha value is -2.00. The first-order chi connectivity index (χ1) is 11.8. The Morgan fingerprint density at radius 2 is 2.20 bits per heavy atom. The smallest absolute Gasteiger partial charge is 0.324 e. The van der Waals surface area contributed by atoms with Gasteiger partial charge in [0.1, 0.15) is 11.9 Å². The number of nitrogens with two attached hydrogens (primary N) is 1. The second kappa shape index (κ2) is 8.39. The molecular weight excluding hydrogens is 349 g/mol. The zero-order valence-electron chi connectivity index (χ0n) is 14.0. The van der Waals surface area contributed by atoms with Crippen molar-refractivity contribution in [2.45, 2.75) is 30.6 Å². The molecule has 0 saturated carbocycles. The lowest BCUT2D eigenvalue weighted by atomic mass is 9.92. The molecule has 1 aromatic rings. The van der Waals surface area contributed by atoms with Gasteiger partial charge in [0.25, 0.3) is 5.91 Å². The van der Waals surface area contributed by atoms with Gasteiger partial charge in [-0.15, -0.1) is 0 Å². The predicted octanol–water partition coefficient (Wildman–Crippen LogP) is 1.36. The molecule has 1 amide bonds. The number of amides is 1. The monoisotopic (exact) mass is 370 g/mol. The van der Waals surface area contributed by atoms with Crippen molar-refractivity contribution in [1.82, 2.24) is 5.32 Å². The van der Waals surface area contributed by atoms with Gasteiger partial charge >= 0.3 is 5.97 Å². The molecule has 1 aliphatic heterocycles. The average Bonchev–Trinajstić information content (AvgIpc) is 2.98. The van der Waals surface area contributed by atoms with Crippen molar-refractivity contribution in [3.8, 4) is 0 Å². The number of carbonyl (C=O) groups excluding carboxylic acids is 2. The lowest BCUT2D eigenvalue weighted by Gasteiger charge is -2.14. The molecule has 1 fully saturated rings. The first kappa shape index (κ1) is 19.3. The molecule has 2 rings (SSSR count). The summed E-state index contributed by atoms with van der Waals surface area (Å²) in [7, 11) is 1.20. The van der Waals surface area contributed by atoms with Gasteiger partial charge in [-0.2, -0.15) is 0 Å². The number of nitroso groups, excluding NO2 is 1. The Balaban J connectivity index is 2.14. The van der Waals surface area contributed by atoms with Crippen LogP contribution in [-0.4, -0.2) is 47.5 Å². The molecule has 0 aliphatic carbocycles. The summed E-state index contributed by atoms with van der Waals surface area (Å²) in [5.74, 6) is -1.89. The SMILES string of the molecule is CCC1S[N+](=O)CC1c1cc(F)cc(C(=O)NC[C@@H](N)C(=O)OC)c1. The summed E-state index contributed by atoms with van der Waals surface area (Å²) in [6.45, 7) is 2.09. The lowest BCUT2D eigenvalue weighted by molar-refractivity contribution is -0.364. The fourth-order valence-electron chi connectivity index (χ4n) is 2.72. The summed E-state index contributed by atoms with van der Waals surface area (Å²) in [6.07, 6.45) is 0.764. The minimum absolute atomic E-state index is 0.0444. The molecule has 3 atom stereocenters. The average molecular weight is 370 g/mol. The van der Waals surface area contributed by atoms with Crippen molar-refractivity contribution in [2.75, 3.05) is 20.2 Å². The van der Waals surface area contributed by atoms with E-state index in [4.69, 9.17) is 5.73 Å². The van der Waals surface area contributed by atoms with Crippen LogP contribution in [-0.2, 0) is 9.53 Å². The van der Waals surface area contributed by atoms with E-state index in [2.05, 4.69) is 10.1 Å². The summed E-state index contributed by atoms with van der Waals surface area (Å²) in [4.78, 5) is 35.1. The Morgan fingerprint density at radius 1 is 1.48 bits per heavy atom. The van der Waals surface area contributed by atoms with E-state index in [1.165, 1.54) is 25.1 Å². The highest BCUT2D eigenvalue weighted by Crippen LogP contribution is 2.38. The first-order valence-corrected chi connectivity index (χ1v) is 8.72. The van der Waals surface area contributed by atoms with E-state index in [-0.39, 0.29) is 29.8 Å². The van der Waals surface area contributed by atoms with Crippen molar-refractivity contribution in [3.05, 3.63) is 40.1 Å². The van der Waals surface area contributed by atoms with E-state index >= 15 is 0 Å². The molecule has 0 aromatic heterocycles. The van der Waals surface area contributed by atoms with E-state index in [9.17, 15) is 18.9 Å². The number of carbonyl (C=O) groups is 2. The van der Waals surface area contributed by atoms with Gasteiger partial charge < -0.3 is 15.8 Å². The number of halogens is 1. The molecule has 25 heavy (non-hydrogen) atoms. The van der Waals surface area contributed by atoms with Gasteiger partial charge in [0.05, 0.1) is 22.4 Å². The number of nitrogens with zero attached hydrogens (tertiary/aromatic N) is 1. The topological polar surface area (TPSA) is 102 Å². The van der Waals surface area contributed by atoms with Gasteiger partial charge in [-0.3, -0.25) is 9.59 Å². The van der Waals surface area contributed by atoms with Crippen LogP contribution in [0, 0.1) is 10.7 Å². The van der Waals surface area contributed by atoms with Crippen LogP contribution in [0.2, 0.25) is 0 Å². The van der Waals surface area contributed by atoms with Crippen molar-refractivity contribution < 1.29 is 22.9 Å². The molecular formula is C16H21FN3O4S+. The van der Waals surface area contributed by atoms with Crippen LogP contribution < -0.4 is 11.1 Å². The van der Waals surface area contributed by atoms with E-state index in [0.717, 1.165) is 16.7 Å². The maximum atomic E-state index is 14.0. The van der Waals surface area contributed by atoms with E-state index in [0.29, 0.717) is 5.56 Å². The quantitative estimate of drug-likeness (QED) is 0.445. The second-order valence-corrected chi connectivity index (χ2v) is 7.01. The van der Waals surface area contributed by atoms with Gasteiger partial charge in [-0.25, -0.2) is 4.39 Å². The maximum absolute atomic E-state index is 14.0. The summed E-state index contributed by atoms with van der Waals surface area (Å²) in [6, 6.07) is 3.05. The molecule has 1 aliphatic rings. The highest BCUT2D eigenvalue weighted by Gasteiger charge is 2.42. The third kappa shape index (κ3) is 4.76. The summed E-state index contributed by atoms with van der Waals surface area (Å²) in [5.41, 5.74) is 6.29. The van der Waals surface area contributed by atoms with Crippen molar-refractivity contribution in [3.63, 3.8) is 0 Å². The normalized spacial score (nSPS) is 21.0. The number of hydrogen-bond donors (Lipinski definition) is 2. The Kier molecular flexibility index (Phi) is 6.49. The fraction of sp³-hybridized carbons (Fsp3) is 0.500. The van der Waals surface area contributed by atoms with Gasteiger partial charge in [0, 0.05) is 17.0 Å². The van der Waals surface area contributed by atoms with Crippen LogP contribution in [0.15, 0.2) is 18.2 Å². The first-order valence-electron chi connectivity index (χ1n) is 7.89. The molecule has 1 aromatic carbocycles. The van der Waals surface area contributed by atoms with Gasteiger partial charge in [-0.1, -0.05) is 6.92 Å². The molecule has 9 heteroatoms. The van der Waals surface area contributed by atoms with Crippen LogP contribution in [0.4, 0.5) is 4.39 Å². The molecule has 136 valence electrons. The highest BCUT2D eigenvalue weighted by molar-refractivity contribution is 7.94. The standard InChI is InChI=1S/C16H20FN3O4S/c1-3-14-12(8-20(23)25-14)9-4-10(6-11(17)5-9)15(21)19-7-13(18)16(22)24-2/h4-6,12-14H,3,7-8,18H2,1-2H3/p+1/t12?,13-,14?/m1/s1. The van der Waals surface area contributed by atoms with Crippen LogP contribution in [0.3, 0.4) is 0 Å². The zero-order chi connectivity index (χ0) is 18.6. The van der Waals surface area contributed by atoms with Crippen LogP contribution in [0.25, 0.3) is 0 Å². The number of methoxy groups -OCH3 is 1. The van der Waals surface area contributed by atoms with Crippen molar-refractivity contribution in [2.24, 2.45) is 5.73 Å². The van der Waals surface area contributed by atoms with E-state index < -0.39 is 23.7 Å². The summed E-state index contributed by atoms with van der Waals surface area (Å²) < 4.78 is 19.3. The molecule has 1 heterocycles. The molecule has 0 bridgehead atoms. The lowest BCUT2D eigenvalue weighted by Crippen LogP contribution is -2.43. The van der Waals surface area contributed by atoms with Crippen LogP contribution in [0.1, 0.15) is 35.2 Å². The zero-order valence-corrected chi connectivity index (χ0v) is 14.8. The fourth-order valence-corrected chi connectivity index (χ4v) is 3.81. The minimum Gasteiger partial charge on any atom is -0.468 e. The minimum atomic E-state index is -0.994. The molecule has 2 unspecified atom stereocenters. The third-order valence-electron chi connectivity index (χ3n) is 4.05. The third-order valence-corrected chi connectivity index (χ3v) is 5.36. The van der Waals surface area contributed by atoms with Crippen molar-refractivity contribution in [1.29, 1.82) is 0 Å². The molecule has 1 saturated heterocycles. The Morgan fingerprint density at radius 3 is 2.84 bits per heavy atom. The Bertz CT molecular complexity index is 685. The summed E-state index contributed by atoms with van der Waals surface area (Å²) >= 11 is 1.20. The predicted molar refractivity (Wildman–Crippen MR) is 91.6 cm³/mol. The molecule has 0 spiro atoms. The summed E-state index contributed by atoms with van der Waals surface area (Å²) in [5, 5.41) is 2.53. The number of nitrogens with one attached hydrogen (secondary N) is 1.